The molecule has 158 valence electrons. The number of carbonyl (C=O) groups excluding carboxylic acids is 3. The van der Waals surface area contributed by atoms with Gasteiger partial charge in [0.05, 0.1) is 32.9 Å². The van der Waals surface area contributed by atoms with E-state index < -0.39 is 23.6 Å². The number of primary amides is 1. The monoisotopic (exact) mass is 405 g/mol. The first-order chi connectivity index (χ1) is 13.9. The summed E-state index contributed by atoms with van der Waals surface area (Å²) in [5.41, 5.74) is 6.57. The van der Waals surface area contributed by atoms with Crippen molar-refractivity contribution in [2.24, 2.45) is 5.73 Å². The number of aryl methyl sites for hydroxylation is 1. The van der Waals surface area contributed by atoms with Gasteiger partial charge in [0.2, 0.25) is 17.7 Å². The van der Waals surface area contributed by atoms with Gasteiger partial charge >= 0.3 is 0 Å². The van der Waals surface area contributed by atoms with E-state index in [0.717, 1.165) is 11.3 Å². The number of nitrogens with zero attached hydrogens (tertiary/aromatic N) is 1. The summed E-state index contributed by atoms with van der Waals surface area (Å²) in [7, 11) is 0. The average Bonchev–Trinajstić information content (AvgIpc) is 3.32. The molecule has 1 spiro atoms. The lowest BCUT2D eigenvalue weighted by Gasteiger charge is -2.23. The predicted octanol–water partition coefficient (Wildman–Crippen LogP) is 0.0995. The SMILES string of the molecule is Cc1ccc(OCCCC(=O)NCC(=O)N2CC3(CC2C(N)=O)OCCO3)cc1. The summed E-state index contributed by atoms with van der Waals surface area (Å²) >= 11 is 0. The Morgan fingerprint density at radius 1 is 1.24 bits per heavy atom. The number of likely N-dealkylation sites (tertiary alicyclic amines) is 1. The van der Waals surface area contributed by atoms with Crippen LogP contribution < -0.4 is 15.8 Å². The molecule has 2 fully saturated rings. The summed E-state index contributed by atoms with van der Waals surface area (Å²) in [5, 5.41) is 2.58. The molecule has 2 aliphatic rings. The molecule has 9 heteroatoms. The molecule has 29 heavy (non-hydrogen) atoms. The van der Waals surface area contributed by atoms with E-state index in [1.165, 1.54) is 4.90 Å². The third-order valence-electron chi connectivity index (χ3n) is 5.03. The first-order valence-corrected chi connectivity index (χ1v) is 9.71. The van der Waals surface area contributed by atoms with Gasteiger partial charge < -0.3 is 30.2 Å². The highest BCUT2D eigenvalue weighted by atomic mass is 16.7. The van der Waals surface area contributed by atoms with Crippen LogP contribution in [0.3, 0.4) is 0 Å². The van der Waals surface area contributed by atoms with Crippen LogP contribution in [0.5, 0.6) is 5.75 Å². The van der Waals surface area contributed by atoms with Gasteiger partial charge in [-0.2, -0.15) is 0 Å². The lowest BCUT2D eigenvalue weighted by atomic mass is 10.1. The van der Waals surface area contributed by atoms with Gasteiger partial charge in [0, 0.05) is 12.8 Å². The van der Waals surface area contributed by atoms with Crippen molar-refractivity contribution >= 4 is 17.7 Å². The van der Waals surface area contributed by atoms with Crippen LogP contribution in [0.2, 0.25) is 0 Å². The first-order valence-electron chi connectivity index (χ1n) is 9.71. The Balaban J connectivity index is 1.39. The van der Waals surface area contributed by atoms with Gasteiger partial charge in [-0.1, -0.05) is 17.7 Å². The fraction of sp³-hybridized carbons (Fsp3) is 0.550. The average molecular weight is 405 g/mol. The van der Waals surface area contributed by atoms with Gasteiger partial charge in [-0.3, -0.25) is 14.4 Å². The zero-order valence-corrected chi connectivity index (χ0v) is 16.5. The third-order valence-corrected chi connectivity index (χ3v) is 5.03. The second-order valence-corrected chi connectivity index (χ2v) is 7.29. The molecule has 0 saturated carbocycles. The Labute approximate surface area is 169 Å². The Hall–Kier alpha value is -2.65. The quantitative estimate of drug-likeness (QED) is 0.592. The Kier molecular flexibility index (Phi) is 6.71. The van der Waals surface area contributed by atoms with Crippen LogP contribution in [0.25, 0.3) is 0 Å². The maximum Gasteiger partial charge on any atom is 0.242 e. The maximum absolute atomic E-state index is 12.5. The number of nitrogens with two attached hydrogens (primary N) is 1. The molecule has 0 radical (unpaired) electrons. The summed E-state index contributed by atoms with van der Waals surface area (Å²) in [6.45, 7) is 3.13. The van der Waals surface area contributed by atoms with Crippen LogP contribution in [0.1, 0.15) is 24.8 Å². The minimum Gasteiger partial charge on any atom is -0.494 e. The van der Waals surface area contributed by atoms with Gasteiger partial charge in [0.15, 0.2) is 5.79 Å². The number of hydrogen-bond acceptors (Lipinski definition) is 6. The van der Waals surface area contributed by atoms with Gasteiger partial charge in [-0.15, -0.1) is 0 Å². The van der Waals surface area contributed by atoms with Crippen molar-refractivity contribution < 1.29 is 28.6 Å². The van der Waals surface area contributed by atoms with Gasteiger partial charge in [-0.05, 0) is 25.5 Å². The fourth-order valence-electron chi connectivity index (χ4n) is 3.48. The van der Waals surface area contributed by atoms with Gasteiger partial charge in [0.25, 0.3) is 0 Å². The molecule has 9 nitrogen and oxygen atoms in total. The highest BCUT2D eigenvalue weighted by Gasteiger charge is 2.51. The van der Waals surface area contributed by atoms with Gasteiger partial charge in [0.1, 0.15) is 11.8 Å². The molecule has 1 aromatic rings. The smallest absolute Gasteiger partial charge is 0.242 e. The van der Waals surface area contributed by atoms with E-state index in [4.69, 9.17) is 19.9 Å². The summed E-state index contributed by atoms with van der Waals surface area (Å²) < 4.78 is 16.7. The molecule has 0 aromatic heterocycles. The minimum atomic E-state index is -0.966. The van der Waals surface area contributed by atoms with Crippen molar-refractivity contribution in [2.45, 2.75) is 38.0 Å². The second kappa shape index (κ2) is 9.23. The summed E-state index contributed by atoms with van der Waals surface area (Å²) in [6.07, 6.45) is 0.958. The van der Waals surface area contributed by atoms with Crippen molar-refractivity contribution in [1.29, 1.82) is 0 Å². The van der Waals surface area contributed by atoms with E-state index in [9.17, 15) is 14.4 Å². The molecule has 3 rings (SSSR count). The molecule has 3 amide bonds. The van der Waals surface area contributed by atoms with Crippen LogP contribution in [0.15, 0.2) is 24.3 Å². The van der Waals surface area contributed by atoms with E-state index in [1.54, 1.807) is 0 Å². The molecular formula is C20H27N3O6. The Morgan fingerprint density at radius 3 is 2.59 bits per heavy atom. The van der Waals surface area contributed by atoms with E-state index in [0.29, 0.717) is 26.2 Å². The number of benzene rings is 1. The summed E-state index contributed by atoms with van der Waals surface area (Å²) in [5.74, 6) is -1.48. The summed E-state index contributed by atoms with van der Waals surface area (Å²) in [4.78, 5) is 37.6. The first kappa shape index (κ1) is 21.1. The van der Waals surface area contributed by atoms with E-state index in [1.807, 2.05) is 31.2 Å². The minimum absolute atomic E-state index is 0.125. The van der Waals surface area contributed by atoms with Crippen molar-refractivity contribution in [2.75, 3.05) is 32.9 Å². The van der Waals surface area contributed by atoms with E-state index in [2.05, 4.69) is 5.32 Å². The predicted molar refractivity (Wildman–Crippen MR) is 103 cm³/mol. The fourth-order valence-corrected chi connectivity index (χ4v) is 3.48. The number of carbonyl (C=O) groups is 3. The number of hydrogen-bond donors (Lipinski definition) is 2. The zero-order valence-electron chi connectivity index (χ0n) is 16.5. The molecule has 1 atom stereocenters. The highest BCUT2D eigenvalue weighted by Crippen LogP contribution is 2.34. The molecule has 2 saturated heterocycles. The van der Waals surface area contributed by atoms with Crippen molar-refractivity contribution in [3.05, 3.63) is 29.8 Å². The normalized spacial score (nSPS) is 20.0. The Morgan fingerprint density at radius 2 is 1.93 bits per heavy atom. The largest absolute Gasteiger partial charge is 0.494 e. The zero-order chi connectivity index (χ0) is 20.9. The number of rotatable bonds is 8. The van der Waals surface area contributed by atoms with Crippen LogP contribution >= 0.6 is 0 Å². The molecule has 3 N–H and O–H groups in total. The van der Waals surface area contributed by atoms with Crippen LogP contribution in [-0.4, -0.2) is 67.4 Å². The van der Waals surface area contributed by atoms with Crippen molar-refractivity contribution in [3.63, 3.8) is 0 Å². The maximum atomic E-state index is 12.5. The molecule has 2 aliphatic heterocycles. The van der Waals surface area contributed by atoms with Crippen LogP contribution in [0, 0.1) is 6.92 Å². The van der Waals surface area contributed by atoms with Gasteiger partial charge in [-0.25, -0.2) is 0 Å². The van der Waals surface area contributed by atoms with E-state index in [-0.39, 0.29) is 31.8 Å². The van der Waals surface area contributed by atoms with Crippen molar-refractivity contribution in [1.82, 2.24) is 10.2 Å². The second-order valence-electron chi connectivity index (χ2n) is 7.29. The number of nitrogens with one attached hydrogen (secondary N) is 1. The third kappa shape index (κ3) is 5.45. The summed E-state index contributed by atoms with van der Waals surface area (Å²) in [6, 6.07) is 6.86. The molecule has 1 aromatic carbocycles. The van der Waals surface area contributed by atoms with E-state index >= 15 is 0 Å². The highest BCUT2D eigenvalue weighted by molar-refractivity contribution is 5.90. The molecular weight excluding hydrogens is 378 g/mol. The standard InChI is InChI=1S/C20H27N3O6/c1-14-4-6-15(7-5-14)27-8-2-3-17(24)22-12-18(25)23-13-20(28-9-10-29-20)11-16(23)19(21)26/h4-7,16H,2-3,8-13H2,1H3,(H2,21,26)(H,22,24). The molecule has 0 aliphatic carbocycles. The Bertz CT molecular complexity index is 745. The topological polar surface area (TPSA) is 120 Å². The lowest BCUT2D eigenvalue weighted by molar-refractivity contribution is -0.152. The van der Waals surface area contributed by atoms with Crippen LogP contribution in [-0.2, 0) is 23.9 Å². The molecule has 0 bridgehead atoms. The molecule has 1 unspecified atom stereocenters. The lowest BCUT2D eigenvalue weighted by Crippen LogP contribution is -2.48. The molecule has 2 heterocycles. The number of amides is 3. The van der Waals surface area contributed by atoms with Crippen LogP contribution in [0.4, 0.5) is 0 Å². The number of ether oxygens (including phenoxy) is 3. The van der Waals surface area contributed by atoms with Crippen molar-refractivity contribution in [3.8, 4) is 5.75 Å².